The van der Waals surface area contributed by atoms with Gasteiger partial charge in [0.25, 0.3) is 0 Å². The molecule has 0 saturated carbocycles. The Morgan fingerprint density at radius 2 is 1.65 bits per heavy atom. The average Bonchev–Trinajstić information content (AvgIpc) is 3.33. The summed E-state index contributed by atoms with van der Waals surface area (Å²) >= 11 is 0. The van der Waals surface area contributed by atoms with Gasteiger partial charge in [-0.25, -0.2) is 0 Å². The van der Waals surface area contributed by atoms with Gasteiger partial charge in [-0.15, -0.1) is 0 Å². The summed E-state index contributed by atoms with van der Waals surface area (Å²) in [5.41, 5.74) is 3.62. The van der Waals surface area contributed by atoms with Crippen LogP contribution in [0.3, 0.4) is 0 Å². The summed E-state index contributed by atoms with van der Waals surface area (Å²) in [6.07, 6.45) is -3.55. The number of hydrogen-bond acceptors (Lipinski definition) is 5. The molecule has 0 radical (unpaired) electrons. The van der Waals surface area contributed by atoms with Crippen LogP contribution in [0.1, 0.15) is 35.2 Å². The first-order chi connectivity index (χ1) is 17.7. The van der Waals surface area contributed by atoms with Crippen molar-refractivity contribution in [1.29, 1.82) is 0 Å². The summed E-state index contributed by atoms with van der Waals surface area (Å²) < 4.78 is 62.2. The van der Waals surface area contributed by atoms with Crippen molar-refractivity contribution in [3.8, 4) is 28.6 Å². The molecule has 0 N–H and O–H groups in total. The van der Waals surface area contributed by atoms with Crippen molar-refractivity contribution < 1.29 is 31.8 Å². The van der Waals surface area contributed by atoms with Crippen LogP contribution in [0.15, 0.2) is 59.0 Å². The first-order valence-electron chi connectivity index (χ1n) is 12.0. The number of ether oxygens (including phenoxy) is 3. The first-order valence-corrected chi connectivity index (χ1v) is 12.0. The number of fused-ring (bicyclic) bond motifs is 2. The molecular weight excluding hydrogens is 483 g/mol. The number of alkyl halides is 3. The van der Waals surface area contributed by atoms with Gasteiger partial charge in [0, 0.05) is 30.1 Å². The van der Waals surface area contributed by atoms with Crippen LogP contribution in [-0.2, 0) is 19.1 Å². The van der Waals surface area contributed by atoms with Gasteiger partial charge in [-0.2, -0.15) is 13.2 Å². The van der Waals surface area contributed by atoms with Crippen LogP contribution in [0.25, 0.3) is 22.3 Å². The lowest BCUT2D eigenvalue weighted by Crippen LogP contribution is -2.33. The lowest BCUT2D eigenvalue weighted by atomic mass is 9.92. The van der Waals surface area contributed by atoms with Crippen molar-refractivity contribution in [2.45, 2.75) is 32.1 Å². The van der Waals surface area contributed by atoms with Crippen LogP contribution in [0, 0.1) is 0 Å². The summed E-state index contributed by atoms with van der Waals surface area (Å²) in [7, 11) is 4.83. The predicted octanol–water partition coefficient (Wildman–Crippen LogP) is 7.26. The van der Waals surface area contributed by atoms with Gasteiger partial charge in [-0.1, -0.05) is 12.1 Å². The molecule has 1 unspecified atom stereocenters. The SMILES string of the molecule is COc1cc2c(cc1OC)C(C)N(Cc1cc(OC)c3oc(-c4cccc(C(F)(F)F)c4)cc3c1)CC2. The minimum Gasteiger partial charge on any atom is -0.493 e. The molecule has 1 aliphatic rings. The third kappa shape index (κ3) is 4.73. The highest BCUT2D eigenvalue weighted by molar-refractivity contribution is 5.88. The minimum atomic E-state index is -4.42. The zero-order chi connectivity index (χ0) is 26.3. The maximum Gasteiger partial charge on any atom is 0.416 e. The van der Waals surface area contributed by atoms with Gasteiger partial charge >= 0.3 is 6.18 Å². The maximum atomic E-state index is 13.2. The highest BCUT2D eigenvalue weighted by Crippen LogP contribution is 2.40. The van der Waals surface area contributed by atoms with Gasteiger partial charge in [0.05, 0.1) is 26.9 Å². The molecule has 1 atom stereocenters. The molecule has 5 rings (SSSR count). The van der Waals surface area contributed by atoms with Gasteiger partial charge in [0.15, 0.2) is 22.8 Å². The van der Waals surface area contributed by atoms with Crippen molar-refractivity contribution >= 4 is 11.0 Å². The van der Waals surface area contributed by atoms with Crippen LogP contribution >= 0.6 is 0 Å². The van der Waals surface area contributed by atoms with E-state index in [1.165, 1.54) is 17.2 Å². The summed E-state index contributed by atoms with van der Waals surface area (Å²) in [5.74, 6) is 2.34. The van der Waals surface area contributed by atoms with E-state index in [1.807, 2.05) is 18.2 Å². The molecule has 3 aromatic carbocycles. The molecule has 4 aromatic rings. The molecule has 8 heteroatoms. The van der Waals surface area contributed by atoms with Gasteiger partial charge < -0.3 is 18.6 Å². The average molecular weight is 512 g/mol. The molecule has 194 valence electrons. The second-order valence-corrected chi connectivity index (χ2v) is 9.21. The number of benzene rings is 3. The van der Waals surface area contributed by atoms with E-state index in [0.717, 1.165) is 41.8 Å². The third-order valence-electron chi connectivity index (χ3n) is 7.03. The molecule has 2 heterocycles. The molecule has 0 spiro atoms. The van der Waals surface area contributed by atoms with Crippen LogP contribution in [0.2, 0.25) is 0 Å². The molecule has 0 bridgehead atoms. The molecule has 1 aromatic heterocycles. The zero-order valence-corrected chi connectivity index (χ0v) is 21.1. The fourth-order valence-electron chi connectivity index (χ4n) is 5.06. The first kappa shape index (κ1) is 25.0. The number of rotatable bonds is 6. The molecule has 0 aliphatic carbocycles. The summed E-state index contributed by atoms with van der Waals surface area (Å²) in [6, 6.07) is 15.1. The Kier molecular flexibility index (Phi) is 6.54. The largest absolute Gasteiger partial charge is 0.493 e. The van der Waals surface area contributed by atoms with Gasteiger partial charge in [0.2, 0.25) is 0 Å². The zero-order valence-electron chi connectivity index (χ0n) is 21.1. The van der Waals surface area contributed by atoms with E-state index in [1.54, 1.807) is 33.5 Å². The second-order valence-electron chi connectivity index (χ2n) is 9.21. The molecule has 0 amide bonds. The van der Waals surface area contributed by atoms with E-state index >= 15 is 0 Å². The monoisotopic (exact) mass is 511 g/mol. The normalized spacial score (nSPS) is 16.0. The standard InChI is InChI=1S/C29H28F3NO4/c1-17-23-15-26(35-3)25(34-2)13-19(23)8-9-33(17)16-18-10-21-14-24(37-28(21)27(11-18)36-4)20-6-5-7-22(12-20)29(30,31)32/h5-7,10-15,17H,8-9,16H2,1-4H3. The van der Waals surface area contributed by atoms with E-state index in [2.05, 4.69) is 17.9 Å². The number of furan rings is 1. The van der Waals surface area contributed by atoms with Crippen molar-refractivity contribution in [2.24, 2.45) is 0 Å². The van der Waals surface area contributed by atoms with Crippen molar-refractivity contribution in [3.63, 3.8) is 0 Å². The van der Waals surface area contributed by atoms with Crippen LogP contribution in [-0.4, -0.2) is 32.8 Å². The van der Waals surface area contributed by atoms with Crippen LogP contribution in [0.5, 0.6) is 17.2 Å². The van der Waals surface area contributed by atoms with E-state index in [-0.39, 0.29) is 6.04 Å². The number of hydrogen-bond donors (Lipinski definition) is 0. The summed E-state index contributed by atoms with van der Waals surface area (Å²) in [4.78, 5) is 2.38. The topological polar surface area (TPSA) is 44.1 Å². The second kappa shape index (κ2) is 9.67. The Morgan fingerprint density at radius 1 is 0.919 bits per heavy atom. The quantitative estimate of drug-likeness (QED) is 0.273. The molecular formula is C29H28F3NO4. The smallest absolute Gasteiger partial charge is 0.416 e. The van der Waals surface area contributed by atoms with Crippen molar-refractivity contribution in [1.82, 2.24) is 4.90 Å². The molecule has 0 saturated heterocycles. The molecule has 5 nitrogen and oxygen atoms in total. The predicted molar refractivity (Wildman–Crippen MR) is 135 cm³/mol. The third-order valence-corrected chi connectivity index (χ3v) is 7.03. The van der Waals surface area contributed by atoms with Gasteiger partial charge in [-0.3, -0.25) is 4.90 Å². The molecule has 0 fully saturated rings. The number of halogens is 3. The lowest BCUT2D eigenvalue weighted by Gasteiger charge is -2.35. The van der Waals surface area contributed by atoms with Crippen molar-refractivity contribution in [3.05, 3.63) is 76.9 Å². The van der Waals surface area contributed by atoms with Gasteiger partial charge in [0.1, 0.15) is 5.76 Å². The Hall–Kier alpha value is -3.65. The fourth-order valence-corrected chi connectivity index (χ4v) is 5.06. The van der Waals surface area contributed by atoms with Crippen molar-refractivity contribution in [2.75, 3.05) is 27.9 Å². The molecule has 37 heavy (non-hydrogen) atoms. The lowest BCUT2D eigenvalue weighted by molar-refractivity contribution is -0.137. The Balaban J connectivity index is 1.46. The summed E-state index contributed by atoms with van der Waals surface area (Å²) in [5, 5.41) is 0.776. The van der Waals surface area contributed by atoms with Crippen LogP contribution in [0.4, 0.5) is 13.2 Å². The fraction of sp³-hybridized carbons (Fsp3) is 0.310. The van der Waals surface area contributed by atoms with E-state index in [9.17, 15) is 13.2 Å². The maximum absolute atomic E-state index is 13.2. The Bertz CT molecular complexity index is 1440. The van der Waals surface area contributed by atoms with Gasteiger partial charge in [-0.05, 0) is 72.5 Å². The van der Waals surface area contributed by atoms with E-state index in [4.69, 9.17) is 18.6 Å². The summed E-state index contributed by atoms with van der Waals surface area (Å²) in [6.45, 7) is 3.71. The number of methoxy groups -OCH3 is 3. The van der Waals surface area contributed by atoms with Crippen LogP contribution < -0.4 is 14.2 Å². The number of nitrogens with zero attached hydrogens (tertiary/aromatic N) is 1. The Labute approximate surface area is 213 Å². The highest BCUT2D eigenvalue weighted by Gasteiger charge is 2.31. The Morgan fingerprint density at radius 3 is 2.35 bits per heavy atom. The van der Waals surface area contributed by atoms with E-state index in [0.29, 0.717) is 35.0 Å². The van der Waals surface area contributed by atoms with E-state index < -0.39 is 11.7 Å². The minimum absolute atomic E-state index is 0.148. The molecule has 1 aliphatic heterocycles. The highest BCUT2D eigenvalue weighted by atomic mass is 19.4.